The highest BCUT2D eigenvalue weighted by Gasteiger charge is 2.17. The Balaban J connectivity index is 1.45. The van der Waals surface area contributed by atoms with Crippen LogP contribution in [-0.4, -0.2) is 35.1 Å². The number of aromatic amines is 1. The predicted molar refractivity (Wildman–Crippen MR) is 117 cm³/mol. The normalized spacial score (nSPS) is 11.9. The van der Waals surface area contributed by atoms with Crippen molar-refractivity contribution in [2.75, 3.05) is 13.2 Å². The van der Waals surface area contributed by atoms with E-state index in [0.717, 1.165) is 29.3 Å². The molecule has 3 rings (SSSR count). The van der Waals surface area contributed by atoms with Crippen LogP contribution in [0.5, 0.6) is 5.75 Å². The van der Waals surface area contributed by atoms with Crippen LogP contribution in [-0.2, 0) is 11.2 Å². The van der Waals surface area contributed by atoms with Crippen molar-refractivity contribution in [3.05, 3.63) is 65.9 Å². The first kappa shape index (κ1) is 21.4. The lowest BCUT2D eigenvalue weighted by atomic mass is 9.94. The van der Waals surface area contributed by atoms with Gasteiger partial charge in [-0.1, -0.05) is 50.1 Å². The summed E-state index contributed by atoms with van der Waals surface area (Å²) >= 11 is 0. The molecule has 158 valence electrons. The van der Waals surface area contributed by atoms with Crippen molar-refractivity contribution in [1.82, 2.24) is 10.3 Å². The molecule has 2 aromatic carbocycles. The Hall–Kier alpha value is -3.28. The Morgan fingerprint density at radius 1 is 1.13 bits per heavy atom. The number of hydrogen-bond acceptors (Lipinski definition) is 3. The molecular weight excluding hydrogens is 380 g/mol. The number of carbonyl (C=O) groups excluding carboxylic acids is 1. The number of aromatic nitrogens is 1. The Labute approximate surface area is 176 Å². The van der Waals surface area contributed by atoms with Gasteiger partial charge in [0.05, 0.1) is 18.0 Å². The number of H-pyrrole nitrogens is 1. The number of amides is 1. The number of benzene rings is 2. The average molecular weight is 408 g/mol. The lowest BCUT2D eigenvalue weighted by molar-refractivity contribution is -0.142. The van der Waals surface area contributed by atoms with Crippen LogP contribution in [0.3, 0.4) is 0 Å². The zero-order valence-corrected chi connectivity index (χ0v) is 17.2. The minimum absolute atomic E-state index is 0.141. The molecule has 0 radical (unpaired) electrons. The summed E-state index contributed by atoms with van der Waals surface area (Å²) < 4.78 is 5.69. The van der Waals surface area contributed by atoms with Gasteiger partial charge in [0.2, 0.25) is 0 Å². The summed E-state index contributed by atoms with van der Waals surface area (Å²) in [4.78, 5) is 26.9. The van der Waals surface area contributed by atoms with E-state index in [1.54, 1.807) is 6.20 Å². The number of fused-ring (bicyclic) bond motifs is 1. The molecule has 6 heteroatoms. The third-order valence-electron chi connectivity index (χ3n) is 5.15. The van der Waals surface area contributed by atoms with Gasteiger partial charge in [-0.25, -0.2) is 0 Å². The van der Waals surface area contributed by atoms with Crippen LogP contribution in [0.15, 0.2) is 54.7 Å². The van der Waals surface area contributed by atoms with E-state index in [-0.39, 0.29) is 11.8 Å². The average Bonchev–Trinajstić information content (AvgIpc) is 3.19. The number of carboxylic acids is 1. The molecule has 1 unspecified atom stereocenters. The van der Waals surface area contributed by atoms with Gasteiger partial charge >= 0.3 is 5.97 Å². The highest BCUT2D eigenvalue weighted by molar-refractivity contribution is 6.06. The molecule has 0 fully saturated rings. The number of nitrogens with one attached hydrogen (secondary N) is 2. The van der Waals surface area contributed by atoms with Gasteiger partial charge in [0.1, 0.15) is 12.4 Å². The number of aliphatic carboxylic acids is 1. The molecule has 0 saturated heterocycles. The number of unbranched alkanes of at least 4 members (excludes halogenated alkanes) is 1. The molecule has 0 aliphatic heterocycles. The smallest absolute Gasteiger partial charge is 0.306 e. The van der Waals surface area contributed by atoms with Gasteiger partial charge in [0.25, 0.3) is 5.91 Å². The van der Waals surface area contributed by atoms with Crippen molar-refractivity contribution in [2.45, 2.75) is 32.6 Å². The monoisotopic (exact) mass is 408 g/mol. The van der Waals surface area contributed by atoms with E-state index in [9.17, 15) is 14.7 Å². The second-order valence-corrected chi connectivity index (χ2v) is 7.38. The van der Waals surface area contributed by atoms with Crippen LogP contribution < -0.4 is 10.1 Å². The van der Waals surface area contributed by atoms with Crippen molar-refractivity contribution in [1.29, 1.82) is 0 Å². The van der Waals surface area contributed by atoms with Crippen LogP contribution in [0, 0.1) is 5.92 Å². The summed E-state index contributed by atoms with van der Waals surface area (Å²) in [5, 5.41) is 13.1. The third kappa shape index (κ3) is 5.63. The Kier molecular flexibility index (Phi) is 7.49. The molecule has 3 aromatic rings. The maximum absolute atomic E-state index is 12.4. The first-order valence-corrected chi connectivity index (χ1v) is 10.4. The van der Waals surface area contributed by atoms with Crippen molar-refractivity contribution < 1.29 is 19.4 Å². The fourth-order valence-corrected chi connectivity index (χ4v) is 3.46. The van der Waals surface area contributed by atoms with Gasteiger partial charge in [-0.15, -0.1) is 0 Å². The van der Waals surface area contributed by atoms with Crippen LogP contribution in [0.1, 0.15) is 42.1 Å². The van der Waals surface area contributed by atoms with Crippen molar-refractivity contribution >= 4 is 22.8 Å². The second kappa shape index (κ2) is 10.5. The standard InChI is InChI=1S/C24H28N2O4/c1-2-3-6-18(24(28)29)15-17-9-11-19(12-10-17)30-14-13-25-23(27)21-16-26-22-8-5-4-7-20(21)22/h4-5,7-12,16,18,26H,2-3,6,13-15H2,1H3,(H,25,27)(H,28,29). The van der Waals surface area contributed by atoms with Crippen LogP contribution in [0.25, 0.3) is 10.9 Å². The number of carboxylic acid groups (broad SMARTS) is 1. The lowest BCUT2D eigenvalue weighted by Crippen LogP contribution is -2.27. The zero-order valence-electron chi connectivity index (χ0n) is 17.2. The molecule has 0 saturated carbocycles. The molecule has 3 N–H and O–H groups in total. The molecule has 1 aromatic heterocycles. The summed E-state index contributed by atoms with van der Waals surface area (Å²) in [6.07, 6.45) is 4.84. The van der Waals surface area contributed by atoms with E-state index in [4.69, 9.17) is 4.74 Å². The summed E-state index contributed by atoms with van der Waals surface area (Å²) in [6.45, 7) is 2.80. The van der Waals surface area contributed by atoms with E-state index < -0.39 is 5.97 Å². The van der Waals surface area contributed by atoms with E-state index in [0.29, 0.717) is 37.3 Å². The number of ether oxygens (including phenoxy) is 1. The van der Waals surface area contributed by atoms with E-state index in [1.165, 1.54) is 0 Å². The first-order chi connectivity index (χ1) is 14.6. The molecule has 1 heterocycles. The highest BCUT2D eigenvalue weighted by Crippen LogP contribution is 2.19. The molecule has 0 aliphatic carbocycles. The van der Waals surface area contributed by atoms with E-state index >= 15 is 0 Å². The maximum Gasteiger partial charge on any atom is 0.306 e. The summed E-state index contributed by atoms with van der Waals surface area (Å²) in [5.74, 6) is -0.537. The summed E-state index contributed by atoms with van der Waals surface area (Å²) in [7, 11) is 0. The molecular formula is C24H28N2O4. The molecule has 1 amide bonds. The molecule has 0 spiro atoms. The Morgan fingerprint density at radius 3 is 2.63 bits per heavy atom. The fraction of sp³-hybridized carbons (Fsp3) is 0.333. The molecule has 1 atom stereocenters. The fourth-order valence-electron chi connectivity index (χ4n) is 3.46. The summed E-state index contributed by atoms with van der Waals surface area (Å²) in [5.41, 5.74) is 2.53. The SMILES string of the molecule is CCCCC(Cc1ccc(OCCNC(=O)c2c[nH]c3ccccc23)cc1)C(=O)O. The van der Waals surface area contributed by atoms with Crippen LogP contribution >= 0.6 is 0 Å². The van der Waals surface area contributed by atoms with Gasteiger partial charge in [0.15, 0.2) is 0 Å². The van der Waals surface area contributed by atoms with Crippen LogP contribution in [0.2, 0.25) is 0 Å². The molecule has 0 bridgehead atoms. The van der Waals surface area contributed by atoms with Crippen molar-refractivity contribution in [2.24, 2.45) is 5.92 Å². The van der Waals surface area contributed by atoms with Gasteiger partial charge in [-0.05, 0) is 36.6 Å². The Bertz CT molecular complexity index is 978. The topological polar surface area (TPSA) is 91.4 Å². The maximum atomic E-state index is 12.4. The number of carbonyl (C=O) groups is 2. The summed E-state index contributed by atoms with van der Waals surface area (Å²) in [6, 6.07) is 15.2. The van der Waals surface area contributed by atoms with E-state index in [2.05, 4.69) is 17.2 Å². The van der Waals surface area contributed by atoms with Gasteiger partial charge in [-0.2, -0.15) is 0 Å². The van der Waals surface area contributed by atoms with Gasteiger partial charge < -0.3 is 20.1 Å². The van der Waals surface area contributed by atoms with Gasteiger partial charge in [-0.3, -0.25) is 9.59 Å². The minimum Gasteiger partial charge on any atom is -0.492 e. The molecule has 6 nitrogen and oxygen atoms in total. The number of hydrogen-bond donors (Lipinski definition) is 3. The minimum atomic E-state index is -0.741. The predicted octanol–water partition coefficient (Wildman–Crippen LogP) is 4.41. The second-order valence-electron chi connectivity index (χ2n) is 7.38. The first-order valence-electron chi connectivity index (χ1n) is 10.4. The number of para-hydroxylation sites is 1. The van der Waals surface area contributed by atoms with Crippen molar-refractivity contribution in [3.63, 3.8) is 0 Å². The van der Waals surface area contributed by atoms with Crippen LogP contribution in [0.4, 0.5) is 0 Å². The van der Waals surface area contributed by atoms with E-state index in [1.807, 2.05) is 48.5 Å². The highest BCUT2D eigenvalue weighted by atomic mass is 16.5. The largest absolute Gasteiger partial charge is 0.492 e. The number of rotatable bonds is 11. The third-order valence-corrected chi connectivity index (χ3v) is 5.15. The molecule has 0 aliphatic rings. The zero-order chi connectivity index (χ0) is 21.3. The molecule has 30 heavy (non-hydrogen) atoms. The Morgan fingerprint density at radius 2 is 1.90 bits per heavy atom. The quantitative estimate of drug-likeness (QED) is 0.410. The van der Waals surface area contributed by atoms with Gasteiger partial charge in [0, 0.05) is 17.1 Å². The lowest BCUT2D eigenvalue weighted by Gasteiger charge is -2.12. The van der Waals surface area contributed by atoms with Crippen molar-refractivity contribution in [3.8, 4) is 5.75 Å².